The van der Waals surface area contributed by atoms with Crippen molar-refractivity contribution < 1.29 is 81.7 Å². The van der Waals surface area contributed by atoms with E-state index in [2.05, 4.69) is 386 Å². The first-order valence-corrected chi connectivity index (χ1v) is 67.4. The van der Waals surface area contributed by atoms with Gasteiger partial charge in [-0.3, -0.25) is 9.54 Å². The van der Waals surface area contributed by atoms with Crippen LogP contribution in [0.15, 0.2) is 322 Å². The Balaban J connectivity index is 0.000000183. The van der Waals surface area contributed by atoms with E-state index in [9.17, 15) is 13.2 Å². The molecular weight excluding hydrogens is 2230 g/mol. The SMILES string of the molecule is CC(C)Cc1cc(-c2[c-]cccc2)ncc1[Si](C)(C)C.CC(C)Cc1cc(-c2ccccc2)ncc1[Si](C)(C)C.CCO.CO.CO.C[Si]1(C)c2ccccc2-c2cc(-c3[c-]cccc3)ncc21.C[Si]1(C)c2ccccc2-c2cc(-c3[c-]cccc3)ncc21.C[Si]1(C)c2ccccc2-c2cc(-c3[c-]cccc3)ncc21.C[Si]1(C)c2ccccc2-c2cc(-c3[c-]cccc3)ncc21.O=S(=O)(O)C(F)(F)F.[Ir+3].[Ir]. The van der Waals surface area contributed by atoms with Crippen molar-refractivity contribution in [3.8, 4) is 112 Å². The van der Waals surface area contributed by atoms with Crippen molar-refractivity contribution >= 4 is 110 Å². The van der Waals surface area contributed by atoms with Crippen molar-refractivity contribution in [2.75, 3.05) is 20.8 Å². The molecule has 0 unspecified atom stereocenters. The van der Waals surface area contributed by atoms with E-state index in [1.54, 1.807) is 6.92 Å². The number of benzene rings is 10. The van der Waals surface area contributed by atoms with Crippen molar-refractivity contribution in [3.05, 3.63) is 364 Å². The van der Waals surface area contributed by atoms with Crippen molar-refractivity contribution in [2.45, 2.75) is 145 Å². The summed E-state index contributed by atoms with van der Waals surface area (Å²) in [5.41, 5.74) is 21.2. The second-order valence-corrected chi connectivity index (χ2v) is 68.1. The quantitative estimate of drug-likeness (QED) is 0.0392. The van der Waals surface area contributed by atoms with Crippen LogP contribution in [0.5, 0.6) is 0 Å². The summed E-state index contributed by atoms with van der Waals surface area (Å²) in [5.74, 6) is 1.34. The van der Waals surface area contributed by atoms with Gasteiger partial charge in [-0.15, -0.1) is 179 Å². The van der Waals surface area contributed by atoms with Crippen LogP contribution in [-0.4, -0.2) is 133 Å². The number of hydrogen-bond donors (Lipinski definition) is 4. The maximum atomic E-state index is 10.7. The second kappa shape index (κ2) is 50.0. The average molecular weight is 2360 g/mol. The third-order valence-electron chi connectivity index (χ3n) is 25.0. The Morgan fingerprint density at radius 2 is 0.532 bits per heavy atom. The minimum absolute atomic E-state index is 0. The Morgan fingerprint density at radius 3 is 0.752 bits per heavy atom. The first kappa shape index (κ1) is 114. The van der Waals surface area contributed by atoms with Gasteiger partial charge in [0.1, 0.15) is 32.3 Å². The number of rotatable bonds is 12. The minimum atomic E-state index is -5.84. The molecule has 6 aromatic heterocycles. The summed E-state index contributed by atoms with van der Waals surface area (Å²) in [5, 5.41) is 36.5. The van der Waals surface area contributed by atoms with Gasteiger partial charge in [0.15, 0.2) is 0 Å². The van der Waals surface area contributed by atoms with Crippen LogP contribution < -0.4 is 51.9 Å². The van der Waals surface area contributed by atoms with Gasteiger partial charge in [0.25, 0.3) is 0 Å². The third kappa shape index (κ3) is 27.4. The molecule has 0 atom stereocenters. The van der Waals surface area contributed by atoms with Crippen LogP contribution in [0.2, 0.25) is 91.7 Å². The predicted molar refractivity (Wildman–Crippen MR) is 591 cm³/mol. The second-order valence-electron chi connectivity index (χ2n) is 39.3. The van der Waals surface area contributed by atoms with Gasteiger partial charge in [-0.2, -0.15) is 21.6 Å². The van der Waals surface area contributed by atoms with E-state index in [0.717, 1.165) is 89.0 Å². The molecule has 4 N–H and O–H groups in total. The number of aliphatic hydroxyl groups excluding tert-OH is 3. The number of halogens is 3. The molecule has 4 aliphatic heterocycles. The molecule has 0 amide bonds. The first-order chi connectivity index (χ1) is 66.1. The fourth-order valence-electron chi connectivity index (χ4n) is 18.2. The molecule has 20 rings (SSSR count). The maximum absolute atomic E-state index is 10.7. The fourth-order valence-corrected chi connectivity index (χ4v) is 33.2. The minimum Gasteiger partial charge on any atom is -0.400 e. The van der Waals surface area contributed by atoms with Crippen molar-refractivity contribution in [3.63, 3.8) is 0 Å². The van der Waals surface area contributed by atoms with Crippen LogP contribution in [0, 0.1) is 42.2 Å². The van der Waals surface area contributed by atoms with E-state index in [4.69, 9.17) is 53.2 Å². The van der Waals surface area contributed by atoms with E-state index >= 15 is 0 Å². The van der Waals surface area contributed by atoms with E-state index in [1.165, 1.54) is 113 Å². The van der Waals surface area contributed by atoms with Crippen LogP contribution in [0.25, 0.3) is 112 Å². The zero-order valence-electron chi connectivity index (χ0n) is 84.4. The molecule has 4 aliphatic rings. The Kier molecular flexibility index (Phi) is 40.4. The van der Waals surface area contributed by atoms with Crippen LogP contribution in [0.1, 0.15) is 45.7 Å². The molecule has 733 valence electrons. The molecule has 141 heavy (non-hydrogen) atoms. The monoisotopic (exact) mass is 2360 g/mol. The van der Waals surface area contributed by atoms with Gasteiger partial charge >= 0.3 is 35.7 Å². The Morgan fingerprint density at radius 1 is 0.326 bits per heavy atom. The number of aliphatic hydroxyl groups is 3. The largest absolute Gasteiger partial charge is 3.00 e. The third-order valence-corrected chi connectivity index (χ3v) is 43.8. The molecule has 0 saturated carbocycles. The molecule has 0 aliphatic carbocycles. The molecule has 1 radical (unpaired) electrons. The van der Waals surface area contributed by atoms with Gasteiger partial charge in [-0.25, -0.2) is 0 Å². The Labute approximate surface area is 867 Å². The van der Waals surface area contributed by atoms with E-state index in [0.29, 0.717) is 11.8 Å². The van der Waals surface area contributed by atoms with Crippen LogP contribution in [0.3, 0.4) is 0 Å². The molecule has 10 heterocycles. The number of hydrogen-bond acceptors (Lipinski definition) is 11. The van der Waals surface area contributed by atoms with Gasteiger partial charge < -0.3 is 40.2 Å². The molecule has 12 nitrogen and oxygen atoms in total. The molecule has 0 spiro atoms. The molecule has 0 fully saturated rings. The summed E-state index contributed by atoms with van der Waals surface area (Å²) in [7, 11) is -12.8. The van der Waals surface area contributed by atoms with Crippen LogP contribution >= 0.6 is 0 Å². The summed E-state index contributed by atoms with van der Waals surface area (Å²) >= 11 is 0. The summed E-state index contributed by atoms with van der Waals surface area (Å²) < 4.78 is 57.5. The Bertz CT molecular complexity index is 6250. The molecule has 24 heteroatoms. The zero-order chi connectivity index (χ0) is 101. The molecule has 10 aromatic carbocycles. The zero-order valence-corrected chi connectivity index (χ0v) is 96.0. The standard InChI is InChI=1S/4C19H16NSi.C18H25NSi.C18H24NSi.C2H6O.CHF3O3S.2CH4O.2Ir/c4*1-21(2)18-11-7-6-10-15(18)16-12-17(20-13-19(16)21)14-8-4-3-5-9-14;2*1-14(2)11-16-12-17(15-9-7-6-8-10-15)19-13-18(16)20(3,4)5;1-2-3;2-1(3,4)8(5,6)7;2*1-2;;/h4*3-8,10-13H,1-2H3;6-10,12-14H,11H2,1-5H3;6-9,12-14H,11H2,1-5H3;3H,2H2,1H3;(H,5,6,7);2*2H,1H3;;/q4*-1;;-1;;;;;;+3. The maximum Gasteiger partial charge on any atom is 3.00 e. The number of nitrogens with zero attached hydrogens (tertiary/aromatic N) is 6. The van der Waals surface area contributed by atoms with Crippen molar-refractivity contribution in [2.24, 2.45) is 11.8 Å². The van der Waals surface area contributed by atoms with Gasteiger partial charge in [-0.1, -0.05) is 283 Å². The molecule has 0 bridgehead atoms. The normalized spacial score (nSPS) is 13.1. The van der Waals surface area contributed by atoms with Gasteiger partial charge in [-0.05, 0) is 168 Å². The number of alkyl halides is 3. The van der Waals surface area contributed by atoms with Gasteiger partial charge in [0.2, 0.25) is 0 Å². The van der Waals surface area contributed by atoms with E-state index < -0.39 is 64.1 Å². The number of aromatic nitrogens is 6. The van der Waals surface area contributed by atoms with Crippen LogP contribution in [0.4, 0.5) is 13.2 Å². The summed E-state index contributed by atoms with van der Waals surface area (Å²) in [6.45, 7) is 44.7. The summed E-state index contributed by atoms with van der Waals surface area (Å²) in [6.07, 6.45) is 14.9. The van der Waals surface area contributed by atoms with E-state index in [-0.39, 0.29) is 46.8 Å². The average Bonchev–Trinajstić information content (AvgIpc) is 1.60. The molecular formula is C117H128F3Ir2N6O6SSi6-2. The topological polar surface area (TPSA) is 192 Å². The predicted octanol–water partition coefficient (Wildman–Crippen LogP) is 21.8. The summed E-state index contributed by atoms with van der Waals surface area (Å²) in [6, 6.07) is 116. The smallest absolute Gasteiger partial charge is 0.400 e. The fraction of sp³-hybridized carbons (Fsp3) is 0.231. The summed E-state index contributed by atoms with van der Waals surface area (Å²) in [4.78, 5) is 28.2. The number of pyridine rings is 6. The Hall–Kier alpha value is -10.7. The van der Waals surface area contributed by atoms with Crippen molar-refractivity contribution in [1.82, 2.24) is 29.9 Å². The van der Waals surface area contributed by atoms with Gasteiger partial charge in [0, 0.05) is 83.7 Å². The van der Waals surface area contributed by atoms with Crippen molar-refractivity contribution in [1.29, 1.82) is 0 Å². The molecule has 0 saturated heterocycles. The molecule has 16 aromatic rings. The number of fused-ring (bicyclic) bond motifs is 12. The van der Waals surface area contributed by atoms with Gasteiger partial charge in [0.05, 0.1) is 21.8 Å². The first-order valence-electron chi connectivity index (χ1n) is 47.0. The van der Waals surface area contributed by atoms with E-state index in [1.807, 2.05) is 91.0 Å². The van der Waals surface area contributed by atoms with Crippen LogP contribution in [-0.2, 0) is 63.2 Å².